The Balaban J connectivity index is 1.58. The number of carbonyl (C=O) groups excluding carboxylic acids is 1. The molecule has 0 spiro atoms. The second-order valence-corrected chi connectivity index (χ2v) is 6.17. The minimum atomic E-state index is -0.818. The number of fused-ring (bicyclic) bond motifs is 2. The predicted octanol–water partition coefficient (Wildman–Crippen LogP) is 2.66. The number of carboxylic acid groups (broad SMARTS) is 1. The third-order valence-corrected chi connectivity index (χ3v) is 4.74. The Hall–Kier alpha value is -2.08. The van der Waals surface area contributed by atoms with Gasteiger partial charge in [0.05, 0.1) is 25.4 Å². The fourth-order valence-electron chi connectivity index (χ4n) is 3.70. The molecule has 1 N–H and O–H groups in total. The van der Waals surface area contributed by atoms with Crippen molar-refractivity contribution in [1.29, 1.82) is 0 Å². The van der Waals surface area contributed by atoms with Crippen LogP contribution in [0.4, 0.5) is 4.79 Å². The van der Waals surface area contributed by atoms with Gasteiger partial charge in [0.25, 0.3) is 0 Å². The number of benzene rings is 1. The van der Waals surface area contributed by atoms with E-state index in [0.29, 0.717) is 12.2 Å². The standard InChI is InChI=1S/C17H21NO5/c1-22-16(19)12-4-2-3-11(7-12)10-23-15-8-13-5-6-14(9-15)18(13)17(20)21/h2-4,7,13-15H,5-6,8-10H2,1H3,(H,20,21). The van der Waals surface area contributed by atoms with Gasteiger partial charge in [0.1, 0.15) is 0 Å². The van der Waals surface area contributed by atoms with Gasteiger partial charge in [0, 0.05) is 12.1 Å². The molecule has 2 heterocycles. The van der Waals surface area contributed by atoms with Crippen LogP contribution in [0, 0.1) is 0 Å². The lowest BCUT2D eigenvalue weighted by molar-refractivity contribution is -0.0225. The summed E-state index contributed by atoms with van der Waals surface area (Å²) in [6, 6.07) is 7.36. The van der Waals surface area contributed by atoms with Gasteiger partial charge in [-0.15, -0.1) is 0 Å². The molecule has 2 atom stereocenters. The lowest BCUT2D eigenvalue weighted by Crippen LogP contribution is -2.47. The van der Waals surface area contributed by atoms with E-state index < -0.39 is 6.09 Å². The molecule has 0 saturated carbocycles. The van der Waals surface area contributed by atoms with E-state index in [4.69, 9.17) is 9.47 Å². The molecule has 2 unspecified atom stereocenters. The highest BCUT2D eigenvalue weighted by atomic mass is 16.5. The number of esters is 1. The summed E-state index contributed by atoms with van der Waals surface area (Å²) in [6.07, 6.45) is 2.61. The van der Waals surface area contributed by atoms with Crippen molar-refractivity contribution in [3.63, 3.8) is 0 Å². The van der Waals surface area contributed by atoms with Crippen molar-refractivity contribution in [3.05, 3.63) is 35.4 Å². The van der Waals surface area contributed by atoms with Crippen molar-refractivity contribution in [2.75, 3.05) is 7.11 Å². The topological polar surface area (TPSA) is 76.1 Å². The van der Waals surface area contributed by atoms with E-state index in [1.807, 2.05) is 12.1 Å². The number of ether oxygens (including phenoxy) is 2. The maximum absolute atomic E-state index is 11.5. The van der Waals surface area contributed by atoms with Crippen molar-refractivity contribution in [2.45, 2.75) is 50.5 Å². The normalized spacial score (nSPS) is 26.1. The largest absolute Gasteiger partial charge is 0.465 e. The molecule has 0 aliphatic carbocycles. The van der Waals surface area contributed by atoms with Crippen LogP contribution in [0.3, 0.4) is 0 Å². The Morgan fingerprint density at radius 2 is 1.96 bits per heavy atom. The van der Waals surface area contributed by atoms with E-state index >= 15 is 0 Å². The first-order valence-corrected chi connectivity index (χ1v) is 7.88. The van der Waals surface area contributed by atoms with Crippen LogP contribution in [-0.4, -0.2) is 47.4 Å². The van der Waals surface area contributed by atoms with E-state index in [1.165, 1.54) is 7.11 Å². The number of hydrogen-bond acceptors (Lipinski definition) is 4. The summed E-state index contributed by atoms with van der Waals surface area (Å²) in [5.41, 5.74) is 1.43. The zero-order valence-corrected chi connectivity index (χ0v) is 13.1. The second kappa shape index (κ2) is 6.58. The molecule has 1 amide bonds. The van der Waals surface area contributed by atoms with Crippen LogP contribution >= 0.6 is 0 Å². The van der Waals surface area contributed by atoms with E-state index in [-0.39, 0.29) is 24.2 Å². The zero-order chi connectivity index (χ0) is 16.4. The molecule has 0 aromatic heterocycles. The van der Waals surface area contributed by atoms with Crippen molar-refractivity contribution in [2.24, 2.45) is 0 Å². The highest BCUT2D eigenvalue weighted by Crippen LogP contribution is 2.37. The van der Waals surface area contributed by atoms with Crippen molar-refractivity contribution >= 4 is 12.1 Å². The predicted molar refractivity (Wildman–Crippen MR) is 82.3 cm³/mol. The summed E-state index contributed by atoms with van der Waals surface area (Å²) < 4.78 is 10.7. The molecule has 2 bridgehead atoms. The number of nitrogens with zero attached hydrogens (tertiary/aromatic N) is 1. The Morgan fingerprint density at radius 3 is 2.57 bits per heavy atom. The summed E-state index contributed by atoms with van der Waals surface area (Å²) in [6.45, 7) is 0.419. The molecule has 124 valence electrons. The van der Waals surface area contributed by atoms with Crippen LogP contribution in [0.5, 0.6) is 0 Å². The van der Waals surface area contributed by atoms with Crippen molar-refractivity contribution < 1.29 is 24.2 Å². The number of rotatable bonds is 4. The summed E-state index contributed by atoms with van der Waals surface area (Å²) in [5, 5.41) is 9.26. The molecule has 23 heavy (non-hydrogen) atoms. The molecule has 1 aromatic rings. The fraction of sp³-hybridized carbons (Fsp3) is 0.529. The SMILES string of the molecule is COC(=O)c1cccc(COC2CC3CCC(C2)N3C(=O)O)c1. The highest BCUT2D eigenvalue weighted by molar-refractivity contribution is 5.89. The van der Waals surface area contributed by atoms with Crippen molar-refractivity contribution in [1.82, 2.24) is 4.90 Å². The maximum atomic E-state index is 11.5. The van der Waals surface area contributed by atoms with Gasteiger partial charge in [-0.3, -0.25) is 0 Å². The molecule has 2 aliphatic heterocycles. The molecule has 0 radical (unpaired) electrons. The van der Waals surface area contributed by atoms with Gasteiger partial charge in [-0.05, 0) is 43.4 Å². The monoisotopic (exact) mass is 319 g/mol. The second-order valence-electron chi connectivity index (χ2n) is 6.17. The third-order valence-electron chi connectivity index (χ3n) is 4.74. The average molecular weight is 319 g/mol. The van der Waals surface area contributed by atoms with Crippen LogP contribution < -0.4 is 0 Å². The Labute approximate surface area is 135 Å². The maximum Gasteiger partial charge on any atom is 0.407 e. The minimum Gasteiger partial charge on any atom is -0.465 e. The van der Waals surface area contributed by atoms with Gasteiger partial charge < -0.3 is 19.5 Å². The molecule has 2 saturated heterocycles. The number of piperidine rings is 1. The van der Waals surface area contributed by atoms with Gasteiger partial charge in [-0.2, -0.15) is 0 Å². The zero-order valence-electron chi connectivity index (χ0n) is 13.1. The molecule has 1 aromatic carbocycles. The van der Waals surface area contributed by atoms with Gasteiger partial charge >= 0.3 is 12.1 Å². The Morgan fingerprint density at radius 1 is 1.26 bits per heavy atom. The summed E-state index contributed by atoms with van der Waals surface area (Å²) in [5.74, 6) is -0.361. The first-order chi connectivity index (χ1) is 11.1. The smallest absolute Gasteiger partial charge is 0.407 e. The van der Waals surface area contributed by atoms with Gasteiger partial charge in [0.15, 0.2) is 0 Å². The van der Waals surface area contributed by atoms with Crippen LogP contribution in [0.25, 0.3) is 0 Å². The molecule has 3 rings (SSSR count). The summed E-state index contributed by atoms with van der Waals surface area (Å²) >= 11 is 0. The Kier molecular flexibility index (Phi) is 4.52. The molecule has 2 aliphatic rings. The molecule has 6 heteroatoms. The number of methoxy groups -OCH3 is 1. The lowest BCUT2D eigenvalue weighted by atomic mass is 10.00. The number of carbonyl (C=O) groups is 2. The van der Waals surface area contributed by atoms with Crippen LogP contribution in [0.2, 0.25) is 0 Å². The van der Waals surface area contributed by atoms with Crippen LogP contribution in [-0.2, 0) is 16.1 Å². The van der Waals surface area contributed by atoms with E-state index in [1.54, 1.807) is 17.0 Å². The fourth-order valence-corrected chi connectivity index (χ4v) is 3.70. The highest BCUT2D eigenvalue weighted by Gasteiger charge is 2.43. The Bertz CT molecular complexity index is 588. The molecular formula is C17H21NO5. The van der Waals surface area contributed by atoms with Crippen LogP contribution in [0.15, 0.2) is 24.3 Å². The van der Waals surface area contributed by atoms with E-state index in [0.717, 1.165) is 31.2 Å². The average Bonchev–Trinajstić information content (AvgIpc) is 2.84. The van der Waals surface area contributed by atoms with Gasteiger partial charge in [0.2, 0.25) is 0 Å². The van der Waals surface area contributed by atoms with Crippen molar-refractivity contribution in [3.8, 4) is 0 Å². The first-order valence-electron chi connectivity index (χ1n) is 7.88. The van der Waals surface area contributed by atoms with Crippen LogP contribution in [0.1, 0.15) is 41.6 Å². The molecular weight excluding hydrogens is 298 g/mol. The molecule has 2 fully saturated rings. The molecule has 6 nitrogen and oxygen atoms in total. The minimum absolute atomic E-state index is 0.0740. The summed E-state index contributed by atoms with van der Waals surface area (Å²) in [4.78, 5) is 24.4. The van der Waals surface area contributed by atoms with Gasteiger partial charge in [-0.25, -0.2) is 9.59 Å². The third kappa shape index (κ3) is 3.32. The van der Waals surface area contributed by atoms with E-state index in [9.17, 15) is 14.7 Å². The quantitative estimate of drug-likeness (QED) is 0.864. The van der Waals surface area contributed by atoms with Gasteiger partial charge in [-0.1, -0.05) is 12.1 Å². The van der Waals surface area contributed by atoms with E-state index in [2.05, 4.69) is 0 Å². The summed E-state index contributed by atoms with van der Waals surface area (Å²) in [7, 11) is 1.36. The first kappa shape index (κ1) is 15.8. The lowest BCUT2D eigenvalue weighted by Gasteiger charge is -2.36. The number of amides is 1. The number of hydrogen-bond donors (Lipinski definition) is 1.